The van der Waals surface area contributed by atoms with Gasteiger partial charge in [0, 0.05) is 5.56 Å². The third-order valence-corrected chi connectivity index (χ3v) is 3.06. The van der Waals surface area contributed by atoms with E-state index in [1.54, 1.807) is 24.3 Å². The molecule has 0 atom stereocenters. The first-order chi connectivity index (χ1) is 9.16. The molecule has 0 unspecified atom stereocenters. The van der Waals surface area contributed by atoms with Crippen LogP contribution in [0.1, 0.15) is 5.56 Å². The number of rotatable bonds is 2. The Balaban J connectivity index is 2.19. The molecule has 3 rings (SSSR count). The van der Waals surface area contributed by atoms with Gasteiger partial charge in [0.2, 0.25) is 0 Å². The van der Waals surface area contributed by atoms with Crippen molar-refractivity contribution in [3.8, 4) is 5.75 Å². The van der Waals surface area contributed by atoms with E-state index in [4.69, 9.17) is 0 Å². The van der Waals surface area contributed by atoms with Gasteiger partial charge in [0.25, 0.3) is 0 Å². The van der Waals surface area contributed by atoms with Crippen molar-refractivity contribution in [3.05, 3.63) is 64.3 Å². The number of nitrogens with zero attached hydrogens (tertiary/aromatic N) is 1. The van der Waals surface area contributed by atoms with Crippen LogP contribution in [0.5, 0.6) is 5.75 Å². The minimum Gasteiger partial charge on any atom is -0.508 e. The maximum absolute atomic E-state index is 13.8. The fourth-order valence-corrected chi connectivity index (χ4v) is 2.14. The highest BCUT2D eigenvalue weighted by molar-refractivity contribution is 5.75. The van der Waals surface area contributed by atoms with Crippen LogP contribution in [-0.2, 0) is 6.54 Å². The number of benzene rings is 2. The zero-order valence-electron chi connectivity index (χ0n) is 9.93. The molecule has 0 aliphatic carbocycles. The standard InChI is InChI=1S/C14H11FN2O2/c15-10-5-3-6-11-13(10)17(14(19)16-11)8-9-4-1-2-7-12(9)18/h1-7,18H,8H2,(H,16,19). The number of phenols is 1. The molecule has 3 aromatic rings. The van der Waals surface area contributed by atoms with Gasteiger partial charge in [-0.25, -0.2) is 9.18 Å². The maximum Gasteiger partial charge on any atom is 0.326 e. The maximum atomic E-state index is 13.8. The number of halogens is 1. The number of imidazole rings is 1. The average molecular weight is 258 g/mol. The van der Waals surface area contributed by atoms with Crippen LogP contribution in [-0.4, -0.2) is 14.7 Å². The van der Waals surface area contributed by atoms with Crippen molar-refractivity contribution in [3.63, 3.8) is 0 Å². The molecule has 19 heavy (non-hydrogen) atoms. The number of nitrogens with one attached hydrogen (secondary N) is 1. The number of H-pyrrole nitrogens is 1. The summed E-state index contributed by atoms with van der Waals surface area (Å²) in [6.07, 6.45) is 0. The third-order valence-electron chi connectivity index (χ3n) is 3.06. The number of aromatic nitrogens is 2. The number of fused-ring (bicyclic) bond motifs is 1. The molecule has 0 bridgehead atoms. The Morgan fingerprint density at radius 3 is 2.74 bits per heavy atom. The SMILES string of the molecule is O=c1[nH]c2cccc(F)c2n1Cc1ccccc1O. The van der Waals surface area contributed by atoms with Crippen molar-refractivity contribution in [1.29, 1.82) is 0 Å². The Labute approximate surface area is 107 Å². The van der Waals surface area contributed by atoms with E-state index in [0.29, 0.717) is 11.1 Å². The molecule has 0 aliphatic rings. The fraction of sp³-hybridized carbons (Fsp3) is 0.0714. The van der Waals surface area contributed by atoms with Crippen molar-refractivity contribution in [2.75, 3.05) is 0 Å². The number of hydrogen-bond donors (Lipinski definition) is 2. The number of aromatic hydroxyl groups is 1. The highest BCUT2D eigenvalue weighted by Crippen LogP contribution is 2.20. The first kappa shape index (κ1) is 11.5. The lowest BCUT2D eigenvalue weighted by Crippen LogP contribution is -2.17. The number of hydrogen-bond acceptors (Lipinski definition) is 2. The summed E-state index contributed by atoms with van der Waals surface area (Å²) in [5.74, 6) is -0.383. The summed E-state index contributed by atoms with van der Waals surface area (Å²) < 4.78 is 15.1. The summed E-state index contributed by atoms with van der Waals surface area (Å²) in [5.41, 5.74) is 0.827. The van der Waals surface area contributed by atoms with Crippen LogP contribution in [0, 0.1) is 5.82 Å². The van der Waals surface area contributed by atoms with Gasteiger partial charge in [-0.2, -0.15) is 0 Å². The average Bonchev–Trinajstić information content (AvgIpc) is 2.70. The van der Waals surface area contributed by atoms with E-state index in [0.717, 1.165) is 0 Å². The van der Waals surface area contributed by atoms with Crippen molar-refractivity contribution in [2.45, 2.75) is 6.54 Å². The highest BCUT2D eigenvalue weighted by Gasteiger charge is 2.12. The van der Waals surface area contributed by atoms with Gasteiger partial charge >= 0.3 is 5.69 Å². The highest BCUT2D eigenvalue weighted by atomic mass is 19.1. The molecule has 0 aliphatic heterocycles. The molecule has 1 heterocycles. The molecule has 2 aromatic carbocycles. The normalized spacial score (nSPS) is 11.0. The second-order valence-corrected chi connectivity index (χ2v) is 4.28. The van der Waals surface area contributed by atoms with Gasteiger partial charge in [-0.1, -0.05) is 24.3 Å². The summed E-state index contributed by atoms with van der Waals surface area (Å²) >= 11 is 0. The van der Waals surface area contributed by atoms with E-state index in [1.807, 2.05) is 0 Å². The molecule has 4 nitrogen and oxygen atoms in total. The molecule has 96 valence electrons. The molecule has 0 saturated heterocycles. The second kappa shape index (κ2) is 4.28. The van der Waals surface area contributed by atoms with Crippen LogP contribution in [0.2, 0.25) is 0 Å². The zero-order valence-corrected chi connectivity index (χ0v) is 9.93. The van der Waals surface area contributed by atoms with Gasteiger partial charge in [-0.05, 0) is 18.2 Å². The molecular formula is C14H11FN2O2. The first-order valence-electron chi connectivity index (χ1n) is 5.81. The molecule has 0 saturated carbocycles. The summed E-state index contributed by atoms with van der Waals surface area (Å²) in [5, 5.41) is 9.72. The lowest BCUT2D eigenvalue weighted by atomic mass is 10.2. The lowest BCUT2D eigenvalue weighted by molar-refractivity contribution is 0.465. The van der Waals surface area contributed by atoms with Gasteiger partial charge in [-0.15, -0.1) is 0 Å². The van der Waals surface area contributed by atoms with Gasteiger partial charge in [0.15, 0.2) is 0 Å². The molecule has 0 amide bonds. The number of para-hydroxylation sites is 2. The predicted molar refractivity (Wildman–Crippen MR) is 69.7 cm³/mol. The number of phenolic OH excluding ortho intramolecular Hbond substituents is 1. The lowest BCUT2D eigenvalue weighted by Gasteiger charge is -2.06. The van der Waals surface area contributed by atoms with Crippen LogP contribution < -0.4 is 5.69 Å². The smallest absolute Gasteiger partial charge is 0.326 e. The number of aromatic amines is 1. The first-order valence-corrected chi connectivity index (χ1v) is 5.81. The van der Waals surface area contributed by atoms with E-state index in [9.17, 15) is 14.3 Å². The molecule has 5 heteroatoms. The van der Waals surface area contributed by atoms with Crippen LogP contribution in [0.4, 0.5) is 4.39 Å². The van der Waals surface area contributed by atoms with Gasteiger partial charge < -0.3 is 10.1 Å². The Bertz CT molecular complexity index is 805. The van der Waals surface area contributed by atoms with Crippen LogP contribution in [0.25, 0.3) is 11.0 Å². The molecule has 0 spiro atoms. The minimum absolute atomic E-state index is 0.0834. The Morgan fingerprint density at radius 2 is 1.95 bits per heavy atom. The largest absolute Gasteiger partial charge is 0.508 e. The summed E-state index contributed by atoms with van der Waals surface area (Å²) in [6, 6.07) is 11.2. The molecule has 1 aromatic heterocycles. The minimum atomic E-state index is -0.466. The molecular weight excluding hydrogens is 247 g/mol. The molecule has 0 fully saturated rings. The van der Waals surface area contributed by atoms with Gasteiger partial charge in [-0.3, -0.25) is 4.57 Å². The summed E-state index contributed by atoms with van der Waals surface area (Å²) in [4.78, 5) is 14.5. The zero-order chi connectivity index (χ0) is 13.4. The van der Waals surface area contributed by atoms with Crippen LogP contribution in [0.15, 0.2) is 47.3 Å². The Morgan fingerprint density at radius 1 is 1.16 bits per heavy atom. The molecule has 2 N–H and O–H groups in total. The van der Waals surface area contributed by atoms with Crippen molar-refractivity contribution in [2.24, 2.45) is 0 Å². The van der Waals surface area contributed by atoms with Gasteiger partial charge in [0.05, 0.1) is 12.1 Å². The quantitative estimate of drug-likeness (QED) is 0.740. The van der Waals surface area contributed by atoms with E-state index in [1.165, 1.54) is 22.8 Å². The fourth-order valence-electron chi connectivity index (χ4n) is 2.14. The van der Waals surface area contributed by atoms with Crippen molar-refractivity contribution in [1.82, 2.24) is 9.55 Å². The summed E-state index contributed by atoms with van der Waals surface area (Å²) in [6.45, 7) is 0.117. The van der Waals surface area contributed by atoms with Crippen LogP contribution in [0.3, 0.4) is 0 Å². The monoisotopic (exact) mass is 258 g/mol. The second-order valence-electron chi connectivity index (χ2n) is 4.28. The van der Waals surface area contributed by atoms with Gasteiger partial charge in [0.1, 0.15) is 17.1 Å². The van der Waals surface area contributed by atoms with E-state index in [2.05, 4.69) is 4.98 Å². The Hall–Kier alpha value is -2.56. The topological polar surface area (TPSA) is 58.0 Å². The summed E-state index contributed by atoms with van der Waals surface area (Å²) in [7, 11) is 0. The van der Waals surface area contributed by atoms with E-state index >= 15 is 0 Å². The van der Waals surface area contributed by atoms with E-state index in [-0.39, 0.29) is 17.8 Å². The molecule has 0 radical (unpaired) electrons. The Kier molecular flexibility index (Phi) is 2.59. The van der Waals surface area contributed by atoms with Crippen molar-refractivity contribution >= 4 is 11.0 Å². The predicted octanol–water partition coefficient (Wildman–Crippen LogP) is 2.22. The van der Waals surface area contributed by atoms with Crippen molar-refractivity contribution < 1.29 is 9.50 Å². The third kappa shape index (κ3) is 1.89. The van der Waals surface area contributed by atoms with E-state index < -0.39 is 11.5 Å². The van der Waals surface area contributed by atoms with Crippen LogP contribution >= 0.6 is 0 Å².